The van der Waals surface area contributed by atoms with E-state index in [1.807, 2.05) is 17.0 Å². The van der Waals surface area contributed by atoms with E-state index in [-0.39, 0.29) is 17.1 Å². The number of benzene rings is 2. The molecule has 0 bridgehead atoms. The van der Waals surface area contributed by atoms with Gasteiger partial charge in [-0.05, 0) is 30.3 Å². The van der Waals surface area contributed by atoms with Gasteiger partial charge in [-0.15, -0.1) is 0 Å². The summed E-state index contributed by atoms with van der Waals surface area (Å²) in [5, 5.41) is 9.18. The van der Waals surface area contributed by atoms with Crippen LogP contribution in [0, 0.1) is 23.0 Å². The van der Waals surface area contributed by atoms with Gasteiger partial charge in [0.25, 0.3) is 0 Å². The molecule has 2 aromatic carbocycles. The first-order valence-corrected chi connectivity index (χ1v) is 8.22. The van der Waals surface area contributed by atoms with Crippen LogP contribution in [0.5, 0.6) is 5.75 Å². The van der Waals surface area contributed by atoms with Crippen LogP contribution in [0.4, 0.5) is 14.5 Å². The molecule has 25 heavy (non-hydrogen) atoms. The minimum atomic E-state index is -0.483. The summed E-state index contributed by atoms with van der Waals surface area (Å²) in [6.07, 6.45) is 0. The van der Waals surface area contributed by atoms with Crippen molar-refractivity contribution in [2.24, 2.45) is 0 Å². The van der Waals surface area contributed by atoms with Gasteiger partial charge in [-0.1, -0.05) is 6.07 Å². The van der Waals surface area contributed by atoms with Crippen LogP contribution in [-0.4, -0.2) is 33.3 Å². The van der Waals surface area contributed by atoms with Gasteiger partial charge in [-0.2, -0.15) is 5.26 Å². The topological polar surface area (TPSA) is 40.7 Å². The van der Waals surface area contributed by atoms with Gasteiger partial charge >= 0.3 is 0 Å². The Labute approximate surface area is 145 Å². The van der Waals surface area contributed by atoms with Gasteiger partial charge in [0.1, 0.15) is 24.0 Å². The quantitative estimate of drug-likeness (QED) is 0.919. The summed E-state index contributed by atoms with van der Waals surface area (Å²) in [5.74, 6) is -0.585. The summed E-state index contributed by atoms with van der Waals surface area (Å²) in [7, 11) is 1.45. The summed E-state index contributed by atoms with van der Waals surface area (Å²) >= 11 is 0. The Balaban J connectivity index is 1.64. The summed E-state index contributed by atoms with van der Waals surface area (Å²) in [4.78, 5) is 3.37. The molecule has 1 N–H and O–H groups in total. The molecule has 0 atom stereocenters. The average molecular weight is 344 g/mol. The molecule has 2 aromatic rings. The molecule has 0 spiro atoms. The van der Waals surface area contributed by atoms with E-state index < -0.39 is 5.82 Å². The zero-order chi connectivity index (χ0) is 17.8. The monoisotopic (exact) mass is 344 g/mol. The molecule has 4 nitrogen and oxygen atoms in total. The highest BCUT2D eigenvalue weighted by atomic mass is 19.1. The van der Waals surface area contributed by atoms with Gasteiger partial charge in [0.15, 0.2) is 11.6 Å². The number of hydrogen-bond acceptors (Lipinski definition) is 3. The lowest BCUT2D eigenvalue weighted by Crippen LogP contribution is -3.13. The van der Waals surface area contributed by atoms with Gasteiger partial charge in [-0.25, -0.2) is 8.78 Å². The molecule has 3 rings (SSSR count). The number of ether oxygens (including phenoxy) is 1. The Bertz CT molecular complexity index is 796. The van der Waals surface area contributed by atoms with Crippen molar-refractivity contribution in [3.8, 4) is 11.8 Å². The van der Waals surface area contributed by atoms with Gasteiger partial charge in [-0.3, -0.25) is 0 Å². The Morgan fingerprint density at radius 2 is 1.92 bits per heavy atom. The number of nitriles is 1. The molecule has 0 aliphatic carbocycles. The van der Waals surface area contributed by atoms with Gasteiger partial charge in [0, 0.05) is 5.56 Å². The third-order valence-electron chi connectivity index (χ3n) is 4.58. The Hall–Kier alpha value is -2.65. The third kappa shape index (κ3) is 3.72. The van der Waals surface area contributed by atoms with E-state index in [2.05, 4.69) is 0 Å². The summed E-state index contributed by atoms with van der Waals surface area (Å²) in [6.45, 7) is 3.87. The second kappa shape index (κ2) is 7.49. The van der Waals surface area contributed by atoms with E-state index in [4.69, 9.17) is 4.74 Å². The van der Waals surface area contributed by atoms with Crippen LogP contribution in [0.2, 0.25) is 0 Å². The van der Waals surface area contributed by atoms with Crippen LogP contribution in [-0.2, 0) is 6.54 Å². The number of hydrogen-bond donors (Lipinski definition) is 1. The van der Waals surface area contributed by atoms with Crippen LogP contribution < -0.4 is 14.5 Å². The fourth-order valence-corrected chi connectivity index (χ4v) is 3.24. The number of nitrogens with one attached hydrogen (secondary N) is 1. The van der Waals surface area contributed by atoms with E-state index in [1.54, 1.807) is 18.2 Å². The number of anilines is 1. The minimum absolute atomic E-state index is 0.100. The SMILES string of the molecule is COc1ccc(C[NH+]2CCN(c3cccc(F)c3C#N)CC2)cc1F. The molecule has 0 amide bonds. The van der Waals surface area contributed by atoms with Crippen LogP contribution in [0.1, 0.15) is 11.1 Å². The first-order valence-electron chi connectivity index (χ1n) is 8.22. The molecule has 1 aliphatic rings. The average Bonchev–Trinajstić information content (AvgIpc) is 2.62. The van der Waals surface area contributed by atoms with E-state index in [9.17, 15) is 14.0 Å². The van der Waals surface area contributed by atoms with Crippen LogP contribution >= 0.6 is 0 Å². The first kappa shape index (κ1) is 17.2. The Kier molecular flexibility index (Phi) is 5.15. The van der Waals surface area contributed by atoms with Crippen molar-refractivity contribution in [3.63, 3.8) is 0 Å². The minimum Gasteiger partial charge on any atom is -0.494 e. The maximum absolute atomic E-state index is 13.8. The largest absolute Gasteiger partial charge is 0.494 e. The van der Waals surface area contributed by atoms with Gasteiger partial charge < -0.3 is 14.5 Å². The van der Waals surface area contributed by atoms with Crippen LogP contribution in [0.15, 0.2) is 36.4 Å². The number of piperazine rings is 1. The molecular formula is C19H20F2N3O+. The maximum atomic E-state index is 13.8. The van der Waals surface area contributed by atoms with E-state index in [0.29, 0.717) is 5.69 Å². The van der Waals surface area contributed by atoms with E-state index in [0.717, 1.165) is 38.3 Å². The molecule has 0 aromatic heterocycles. The molecule has 0 unspecified atom stereocenters. The molecular weight excluding hydrogens is 324 g/mol. The molecule has 6 heteroatoms. The number of halogens is 2. The highest BCUT2D eigenvalue weighted by molar-refractivity contribution is 5.60. The fourth-order valence-electron chi connectivity index (χ4n) is 3.24. The van der Waals surface area contributed by atoms with Crippen molar-refractivity contribution in [1.29, 1.82) is 5.26 Å². The molecule has 0 saturated carbocycles. The zero-order valence-corrected chi connectivity index (χ0v) is 14.1. The zero-order valence-electron chi connectivity index (χ0n) is 14.1. The molecule has 1 saturated heterocycles. The lowest BCUT2D eigenvalue weighted by Gasteiger charge is -2.34. The highest BCUT2D eigenvalue weighted by Gasteiger charge is 2.23. The normalized spacial score (nSPS) is 15.0. The summed E-state index contributed by atoms with van der Waals surface area (Å²) in [6, 6.07) is 11.7. The number of nitrogens with zero attached hydrogens (tertiary/aromatic N) is 2. The van der Waals surface area contributed by atoms with Crippen molar-refractivity contribution in [2.75, 3.05) is 38.2 Å². The standard InChI is InChI=1S/C19H19F2N3O/c1-25-19-6-5-14(11-17(19)21)13-23-7-9-24(10-8-23)18-4-2-3-16(20)15(18)12-22/h2-6,11H,7-10,13H2,1H3/p+1. The lowest BCUT2D eigenvalue weighted by atomic mass is 10.1. The Morgan fingerprint density at radius 3 is 2.56 bits per heavy atom. The second-order valence-corrected chi connectivity index (χ2v) is 6.13. The predicted molar refractivity (Wildman–Crippen MR) is 90.7 cm³/mol. The molecule has 130 valence electrons. The van der Waals surface area contributed by atoms with E-state index in [1.165, 1.54) is 24.1 Å². The lowest BCUT2D eigenvalue weighted by molar-refractivity contribution is -0.914. The van der Waals surface area contributed by atoms with Crippen LogP contribution in [0.3, 0.4) is 0 Å². The highest BCUT2D eigenvalue weighted by Crippen LogP contribution is 2.22. The smallest absolute Gasteiger partial charge is 0.165 e. The molecule has 1 aliphatic heterocycles. The summed E-state index contributed by atoms with van der Waals surface area (Å²) < 4.78 is 32.5. The van der Waals surface area contributed by atoms with Gasteiger partial charge in [0.05, 0.1) is 39.0 Å². The second-order valence-electron chi connectivity index (χ2n) is 6.13. The number of quaternary nitrogens is 1. The van der Waals surface area contributed by atoms with Crippen molar-refractivity contribution in [2.45, 2.75) is 6.54 Å². The predicted octanol–water partition coefficient (Wildman–Crippen LogP) is 1.75. The summed E-state index contributed by atoms with van der Waals surface area (Å²) in [5.41, 5.74) is 1.67. The number of methoxy groups -OCH3 is 1. The fraction of sp³-hybridized carbons (Fsp3) is 0.316. The van der Waals surface area contributed by atoms with Crippen molar-refractivity contribution >= 4 is 5.69 Å². The van der Waals surface area contributed by atoms with Crippen LogP contribution in [0.25, 0.3) is 0 Å². The molecule has 1 fully saturated rings. The van der Waals surface area contributed by atoms with Crippen molar-refractivity contribution in [3.05, 3.63) is 59.2 Å². The van der Waals surface area contributed by atoms with Gasteiger partial charge in [0.2, 0.25) is 0 Å². The number of rotatable bonds is 4. The third-order valence-corrected chi connectivity index (χ3v) is 4.58. The van der Waals surface area contributed by atoms with E-state index >= 15 is 0 Å². The first-order chi connectivity index (χ1) is 12.1. The molecule has 1 heterocycles. The Morgan fingerprint density at radius 1 is 1.16 bits per heavy atom. The van der Waals surface area contributed by atoms with Crippen molar-refractivity contribution in [1.82, 2.24) is 0 Å². The van der Waals surface area contributed by atoms with Crippen molar-refractivity contribution < 1.29 is 18.4 Å². The molecule has 0 radical (unpaired) electrons. The maximum Gasteiger partial charge on any atom is 0.165 e.